The summed E-state index contributed by atoms with van der Waals surface area (Å²) in [5.41, 5.74) is 0.530. The third kappa shape index (κ3) is 2.46. The third-order valence-electron chi connectivity index (χ3n) is 2.96. The van der Waals surface area contributed by atoms with Crippen molar-refractivity contribution in [1.29, 1.82) is 0 Å². The Labute approximate surface area is 110 Å². The number of aliphatic hydroxyl groups excluding tert-OH is 1. The number of hydrogen-bond donors (Lipinski definition) is 1. The van der Waals surface area contributed by atoms with Gasteiger partial charge in [-0.05, 0) is 17.9 Å². The fourth-order valence-corrected chi connectivity index (χ4v) is 5.44. The lowest BCUT2D eigenvalue weighted by molar-refractivity contribution is 0.0630. The lowest BCUT2D eigenvalue weighted by Gasteiger charge is -2.14. The fraction of sp³-hybridized carbons (Fsp3) is 0.636. The topological polar surface area (TPSA) is 72.8 Å². The SMILES string of the molecule is COCCOCCC1C(O)c2ccsc2S1(=O)=O. The van der Waals surface area contributed by atoms with E-state index in [1.54, 1.807) is 18.6 Å². The van der Waals surface area contributed by atoms with Gasteiger partial charge in [0.2, 0.25) is 0 Å². The fourth-order valence-electron chi connectivity index (χ4n) is 2.02. The van der Waals surface area contributed by atoms with Crippen LogP contribution in [0.2, 0.25) is 0 Å². The van der Waals surface area contributed by atoms with Crippen LogP contribution >= 0.6 is 11.3 Å². The van der Waals surface area contributed by atoms with E-state index >= 15 is 0 Å². The Morgan fingerprint density at radius 2 is 2.17 bits per heavy atom. The second-order valence-electron chi connectivity index (χ2n) is 4.09. The first-order chi connectivity index (χ1) is 8.59. The van der Waals surface area contributed by atoms with Crippen molar-refractivity contribution in [2.75, 3.05) is 26.9 Å². The lowest BCUT2D eigenvalue weighted by Crippen LogP contribution is -2.23. The molecule has 0 aliphatic carbocycles. The van der Waals surface area contributed by atoms with Crippen LogP contribution in [0.15, 0.2) is 15.7 Å². The Hall–Kier alpha value is -0.470. The van der Waals surface area contributed by atoms with Gasteiger partial charge in [0.15, 0.2) is 9.84 Å². The molecule has 2 atom stereocenters. The number of sulfone groups is 1. The van der Waals surface area contributed by atoms with Crippen LogP contribution in [0.1, 0.15) is 18.1 Å². The van der Waals surface area contributed by atoms with Crippen LogP contribution < -0.4 is 0 Å². The van der Waals surface area contributed by atoms with Crippen molar-refractivity contribution < 1.29 is 23.0 Å². The number of rotatable bonds is 6. The molecule has 0 amide bonds. The Kier molecular flexibility index (Phi) is 4.39. The van der Waals surface area contributed by atoms with Gasteiger partial charge >= 0.3 is 0 Å². The minimum absolute atomic E-state index is 0.300. The molecule has 1 N–H and O–H groups in total. The van der Waals surface area contributed by atoms with Crippen molar-refractivity contribution >= 4 is 21.2 Å². The molecular formula is C11H16O5S2. The average Bonchev–Trinajstić information content (AvgIpc) is 2.87. The highest BCUT2D eigenvalue weighted by atomic mass is 32.2. The summed E-state index contributed by atoms with van der Waals surface area (Å²) < 4.78 is 34.7. The zero-order chi connectivity index (χ0) is 13.2. The summed E-state index contributed by atoms with van der Waals surface area (Å²) in [6.07, 6.45) is -0.628. The first-order valence-corrected chi connectivity index (χ1v) is 8.07. The molecule has 2 unspecified atom stereocenters. The number of ether oxygens (including phenoxy) is 2. The zero-order valence-corrected chi connectivity index (χ0v) is 11.7. The molecule has 0 saturated heterocycles. The van der Waals surface area contributed by atoms with E-state index in [9.17, 15) is 13.5 Å². The largest absolute Gasteiger partial charge is 0.387 e. The summed E-state index contributed by atoms with van der Waals surface area (Å²) in [7, 11) is -1.81. The monoisotopic (exact) mass is 292 g/mol. The van der Waals surface area contributed by atoms with Crippen molar-refractivity contribution in [3.63, 3.8) is 0 Å². The molecule has 102 valence electrons. The van der Waals surface area contributed by atoms with E-state index in [0.29, 0.717) is 36.0 Å². The van der Waals surface area contributed by atoms with Crippen molar-refractivity contribution in [3.05, 3.63) is 17.0 Å². The van der Waals surface area contributed by atoms with Crippen LogP contribution in [0.25, 0.3) is 0 Å². The number of hydrogen-bond acceptors (Lipinski definition) is 6. The van der Waals surface area contributed by atoms with Gasteiger partial charge in [0.05, 0.1) is 24.6 Å². The van der Waals surface area contributed by atoms with Gasteiger partial charge in [-0.3, -0.25) is 0 Å². The highest BCUT2D eigenvalue weighted by Crippen LogP contribution is 2.43. The van der Waals surface area contributed by atoms with Crippen LogP contribution in [-0.2, 0) is 19.3 Å². The molecule has 0 saturated carbocycles. The second kappa shape index (κ2) is 5.66. The van der Waals surface area contributed by atoms with Crippen molar-refractivity contribution in [1.82, 2.24) is 0 Å². The standard InChI is InChI=1S/C11H16O5S2/c1-15-5-6-16-4-2-9-10(12)8-3-7-17-11(8)18(9,13)14/h3,7,9-10,12H,2,4-6H2,1H3. The van der Waals surface area contributed by atoms with Crippen LogP contribution in [0.4, 0.5) is 0 Å². The van der Waals surface area contributed by atoms with E-state index < -0.39 is 21.2 Å². The van der Waals surface area contributed by atoms with E-state index in [1.165, 1.54) is 11.3 Å². The van der Waals surface area contributed by atoms with Gasteiger partial charge in [0.1, 0.15) is 4.21 Å². The minimum Gasteiger partial charge on any atom is -0.387 e. The molecule has 1 aliphatic rings. The van der Waals surface area contributed by atoms with Crippen molar-refractivity contribution in [3.8, 4) is 0 Å². The molecule has 0 radical (unpaired) electrons. The van der Waals surface area contributed by atoms with Gasteiger partial charge in [0.25, 0.3) is 0 Å². The minimum atomic E-state index is -3.39. The molecule has 7 heteroatoms. The Bertz CT molecular complexity index is 493. The predicted octanol–water partition coefficient (Wildman–Crippen LogP) is 0.991. The first-order valence-electron chi connectivity index (χ1n) is 5.65. The summed E-state index contributed by atoms with van der Waals surface area (Å²) in [5, 5.41) is 10.9. The van der Waals surface area contributed by atoms with Crippen LogP contribution in [-0.4, -0.2) is 45.7 Å². The van der Waals surface area contributed by atoms with E-state index in [0.717, 1.165) is 0 Å². The number of thiophene rings is 1. The van der Waals surface area contributed by atoms with Crippen molar-refractivity contribution in [2.24, 2.45) is 0 Å². The van der Waals surface area contributed by atoms with E-state index in [-0.39, 0.29) is 0 Å². The van der Waals surface area contributed by atoms with E-state index in [4.69, 9.17) is 9.47 Å². The number of aliphatic hydroxyl groups is 1. The molecule has 18 heavy (non-hydrogen) atoms. The van der Waals surface area contributed by atoms with Gasteiger partial charge < -0.3 is 14.6 Å². The van der Waals surface area contributed by atoms with Crippen LogP contribution in [0.5, 0.6) is 0 Å². The molecule has 0 spiro atoms. The molecule has 0 aromatic carbocycles. The molecule has 2 rings (SSSR count). The lowest BCUT2D eigenvalue weighted by atomic mass is 10.1. The molecular weight excluding hydrogens is 276 g/mol. The molecule has 1 aromatic rings. The smallest absolute Gasteiger partial charge is 0.193 e. The second-order valence-corrected chi connectivity index (χ2v) is 7.36. The molecule has 0 fully saturated rings. The summed E-state index contributed by atoms with van der Waals surface area (Å²) in [4.78, 5) is 0. The summed E-state index contributed by atoms with van der Waals surface area (Å²) in [6, 6.07) is 1.67. The Balaban J connectivity index is 1.97. The van der Waals surface area contributed by atoms with Crippen molar-refractivity contribution in [2.45, 2.75) is 22.0 Å². The van der Waals surface area contributed by atoms with E-state index in [2.05, 4.69) is 0 Å². The summed E-state index contributed by atoms with van der Waals surface area (Å²) >= 11 is 1.17. The first kappa shape index (κ1) is 14.0. The number of fused-ring (bicyclic) bond motifs is 1. The maximum Gasteiger partial charge on any atom is 0.193 e. The molecule has 1 aliphatic heterocycles. The number of methoxy groups -OCH3 is 1. The van der Waals surface area contributed by atoms with Gasteiger partial charge in [-0.2, -0.15) is 0 Å². The summed E-state index contributed by atoms with van der Waals surface area (Å²) in [6.45, 7) is 1.22. The quantitative estimate of drug-likeness (QED) is 0.792. The van der Waals surface area contributed by atoms with Gasteiger partial charge in [0, 0.05) is 19.3 Å². The normalized spacial score (nSPS) is 25.2. The van der Waals surface area contributed by atoms with E-state index in [1.807, 2.05) is 0 Å². The average molecular weight is 292 g/mol. The van der Waals surface area contributed by atoms with Gasteiger partial charge in [-0.1, -0.05) is 0 Å². The molecule has 2 heterocycles. The van der Waals surface area contributed by atoms with Gasteiger partial charge in [-0.15, -0.1) is 11.3 Å². The molecule has 5 nitrogen and oxygen atoms in total. The maximum atomic E-state index is 12.1. The van der Waals surface area contributed by atoms with Crippen LogP contribution in [0.3, 0.4) is 0 Å². The zero-order valence-electron chi connectivity index (χ0n) is 10.0. The summed E-state index contributed by atoms with van der Waals surface area (Å²) in [5.74, 6) is 0. The van der Waals surface area contributed by atoms with Crippen LogP contribution in [0, 0.1) is 0 Å². The highest BCUT2D eigenvalue weighted by Gasteiger charge is 2.44. The van der Waals surface area contributed by atoms with Gasteiger partial charge in [-0.25, -0.2) is 8.42 Å². The Morgan fingerprint density at radius 1 is 1.39 bits per heavy atom. The molecule has 0 bridgehead atoms. The Morgan fingerprint density at radius 3 is 2.83 bits per heavy atom. The molecule has 1 aromatic heterocycles. The third-order valence-corrected chi connectivity index (χ3v) is 6.72. The predicted molar refractivity (Wildman–Crippen MR) is 67.6 cm³/mol. The maximum absolute atomic E-state index is 12.1. The highest BCUT2D eigenvalue weighted by molar-refractivity contribution is 7.94.